The molecular weight excluding hydrogens is 483 g/mol. The van der Waals surface area contributed by atoms with Crippen LogP contribution in [0.2, 0.25) is 0 Å². The lowest BCUT2D eigenvalue weighted by Gasteiger charge is -2.47. The summed E-state index contributed by atoms with van der Waals surface area (Å²) in [4.78, 5) is 26.9. The number of benzene rings is 1. The average Bonchev–Trinajstić information content (AvgIpc) is 3.66. The van der Waals surface area contributed by atoms with Crippen molar-refractivity contribution in [2.45, 2.75) is 50.7 Å². The molecule has 9 nitrogen and oxygen atoms in total. The molecule has 1 saturated heterocycles. The van der Waals surface area contributed by atoms with Crippen molar-refractivity contribution in [3.05, 3.63) is 81.5 Å². The summed E-state index contributed by atoms with van der Waals surface area (Å²) in [7, 11) is 1.71. The standard InChI is InChI=1S/C28H29FN8O/c1-16-15-37(26(18-6-8-20(29)9-7-18)28-32-27(33-34-28)19-4-5-19)17(2)14-36(16)23-12-24(38)35(3)22-11-10-21(13-30)31-25(22)23/h6-12,16-17,19,26H,4-5,14-15H2,1-3H3,(H,32,33,34)/t16-,17+,26?/m0/s1. The Morgan fingerprint density at radius 2 is 1.84 bits per heavy atom. The summed E-state index contributed by atoms with van der Waals surface area (Å²) >= 11 is 0. The molecule has 3 aromatic heterocycles. The summed E-state index contributed by atoms with van der Waals surface area (Å²) in [5.41, 5.74) is 3.16. The second-order valence-corrected chi connectivity index (χ2v) is 10.5. The number of fused-ring (bicyclic) bond motifs is 1. The van der Waals surface area contributed by atoms with E-state index in [2.05, 4.69) is 44.9 Å². The zero-order valence-corrected chi connectivity index (χ0v) is 21.6. The van der Waals surface area contributed by atoms with E-state index in [9.17, 15) is 14.4 Å². The van der Waals surface area contributed by atoms with Gasteiger partial charge in [-0.1, -0.05) is 12.1 Å². The molecule has 2 aliphatic rings. The molecule has 0 radical (unpaired) electrons. The van der Waals surface area contributed by atoms with Crippen LogP contribution in [0.1, 0.15) is 61.6 Å². The van der Waals surface area contributed by atoms with Crippen molar-refractivity contribution in [3.8, 4) is 6.07 Å². The highest BCUT2D eigenvalue weighted by molar-refractivity contribution is 5.89. The largest absolute Gasteiger partial charge is 0.364 e. The van der Waals surface area contributed by atoms with Gasteiger partial charge in [-0.3, -0.25) is 14.8 Å². The highest BCUT2D eigenvalue weighted by atomic mass is 19.1. The zero-order chi connectivity index (χ0) is 26.6. The molecule has 1 aliphatic carbocycles. The number of nitrogens with zero attached hydrogens (tertiary/aromatic N) is 7. The summed E-state index contributed by atoms with van der Waals surface area (Å²) in [5, 5.41) is 17.2. The van der Waals surface area contributed by atoms with Crippen LogP contribution in [0.5, 0.6) is 0 Å². The van der Waals surface area contributed by atoms with E-state index in [0.717, 1.165) is 29.9 Å². The van der Waals surface area contributed by atoms with E-state index in [-0.39, 0.29) is 29.5 Å². The maximum absolute atomic E-state index is 13.8. The number of rotatable bonds is 5. The summed E-state index contributed by atoms with van der Waals surface area (Å²) in [5.74, 6) is 1.76. The number of nitrogens with one attached hydrogen (secondary N) is 1. The van der Waals surface area contributed by atoms with Gasteiger partial charge < -0.3 is 9.47 Å². The van der Waals surface area contributed by atoms with Crippen LogP contribution in [0.4, 0.5) is 10.1 Å². The summed E-state index contributed by atoms with van der Waals surface area (Å²) in [6, 6.07) is 13.5. The van der Waals surface area contributed by atoms with Gasteiger partial charge in [0.1, 0.15) is 28.9 Å². The topological polar surface area (TPSA) is 107 Å². The Labute approximate surface area is 219 Å². The van der Waals surface area contributed by atoms with Crippen molar-refractivity contribution in [1.82, 2.24) is 29.6 Å². The molecule has 1 saturated carbocycles. The fraction of sp³-hybridized carbons (Fsp3) is 0.393. The minimum atomic E-state index is -0.283. The molecule has 1 unspecified atom stereocenters. The second kappa shape index (κ2) is 9.33. The first-order chi connectivity index (χ1) is 18.3. The van der Waals surface area contributed by atoms with Crippen molar-refractivity contribution in [2.75, 3.05) is 18.0 Å². The number of piperazine rings is 1. The quantitative estimate of drug-likeness (QED) is 0.435. The molecule has 2 fully saturated rings. The molecule has 1 N–H and O–H groups in total. The van der Waals surface area contributed by atoms with E-state index >= 15 is 0 Å². The van der Waals surface area contributed by atoms with Crippen LogP contribution in [0.3, 0.4) is 0 Å². The number of aromatic amines is 1. The molecule has 4 heterocycles. The third-order valence-corrected chi connectivity index (χ3v) is 7.77. The molecule has 3 atom stereocenters. The lowest BCUT2D eigenvalue weighted by Crippen LogP contribution is -2.57. The highest BCUT2D eigenvalue weighted by Gasteiger charge is 2.38. The van der Waals surface area contributed by atoms with Gasteiger partial charge in [0.05, 0.1) is 17.2 Å². The first-order valence-electron chi connectivity index (χ1n) is 12.9. The number of hydrogen-bond donors (Lipinski definition) is 1. The maximum Gasteiger partial charge on any atom is 0.252 e. The Morgan fingerprint density at radius 1 is 1.08 bits per heavy atom. The Kier molecular flexibility index (Phi) is 5.95. The number of aryl methyl sites for hydroxylation is 1. The molecule has 38 heavy (non-hydrogen) atoms. The van der Waals surface area contributed by atoms with E-state index in [1.165, 1.54) is 12.1 Å². The lowest BCUT2D eigenvalue weighted by atomic mass is 9.98. The van der Waals surface area contributed by atoms with Gasteiger partial charge in [0, 0.05) is 44.2 Å². The maximum atomic E-state index is 13.8. The predicted molar refractivity (Wildman–Crippen MR) is 141 cm³/mol. The predicted octanol–water partition coefficient (Wildman–Crippen LogP) is 3.63. The summed E-state index contributed by atoms with van der Waals surface area (Å²) < 4.78 is 15.4. The van der Waals surface area contributed by atoms with Gasteiger partial charge in [-0.15, -0.1) is 0 Å². The van der Waals surface area contributed by atoms with Gasteiger partial charge >= 0.3 is 0 Å². The Bertz CT molecular complexity index is 1600. The number of hydrogen-bond acceptors (Lipinski definition) is 7. The van der Waals surface area contributed by atoms with Crippen LogP contribution < -0.4 is 10.5 Å². The number of pyridine rings is 2. The van der Waals surface area contributed by atoms with Gasteiger partial charge in [0.2, 0.25) is 0 Å². The summed E-state index contributed by atoms with van der Waals surface area (Å²) in [6.07, 6.45) is 2.24. The van der Waals surface area contributed by atoms with Crippen LogP contribution in [-0.2, 0) is 7.05 Å². The Balaban J connectivity index is 1.38. The third kappa shape index (κ3) is 4.23. The van der Waals surface area contributed by atoms with Gasteiger partial charge in [-0.25, -0.2) is 14.4 Å². The van der Waals surface area contributed by atoms with Gasteiger partial charge in [0.25, 0.3) is 5.56 Å². The fourth-order valence-electron chi connectivity index (χ4n) is 5.53. The minimum absolute atomic E-state index is 0.0128. The van der Waals surface area contributed by atoms with Crippen molar-refractivity contribution in [3.63, 3.8) is 0 Å². The molecule has 0 amide bonds. The van der Waals surface area contributed by atoms with Crippen molar-refractivity contribution < 1.29 is 4.39 Å². The highest BCUT2D eigenvalue weighted by Crippen LogP contribution is 2.40. The first-order valence-corrected chi connectivity index (χ1v) is 12.9. The van der Waals surface area contributed by atoms with E-state index in [1.54, 1.807) is 41.9 Å². The van der Waals surface area contributed by atoms with Gasteiger partial charge in [0.15, 0.2) is 5.82 Å². The number of aromatic nitrogens is 5. The first kappa shape index (κ1) is 24.2. The van der Waals surface area contributed by atoms with Crippen LogP contribution >= 0.6 is 0 Å². The van der Waals surface area contributed by atoms with E-state index in [1.807, 2.05) is 0 Å². The van der Waals surface area contributed by atoms with Gasteiger partial charge in [-0.05, 0) is 56.5 Å². The lowest BCUT2D eigenvalue weighted by molar-refractivity contribution is 0.125. The third-order valence-electron chi connectivity index (χ3n) is 7.77. The molecule has 194 valence electrons. The second-order valence-electron chi connectivity index (χ2n) is 10.5. The number of halogens is 1. The van der Waals surface area contributed by atoms with Crippen LogP contribution in [0, 0.1) is 17.1 Å². The monoisotopic (exact) mass is 512 g/mol. The molecule has 1 aliphatic heterocycles. The van der Waals surface area contributed by atoms with Crippen LogP contribution in [-0.4, -0.2) is 54.8 Å². The molecular formula is C28H29FN8O. The van der Waals surface area contributed by atoms with E-state index in [4.69, 9.17) is 4.98 Å². The average molecular weight is 513 g/mol. The Morgan fingerprint density at radius 3 is 2.55 bits per heavy atom. The fourth-order valence-corrected chi connectivity index (χ4v) is 5.53. The van der Waals surface area contributed by atoms with E-state index in [0.29, 0.717) is 41.6 Å². The van der Waals surface area contributed by atoms with Crippen molar-refractivity contribution in [2.24, 2.45) is 7.05 Å². The number of anilines is 1. The smallest absolute Gasteiger partial charge is 0.252 e. The molecule has 10 heteroatoms. The normalized spacial score (nSPS) is 21.0. The molecule has 6 rings (SSSR count). The van der Waals surface area contributed by atoms with E-state index < -0.39 is 0 Å². The molecule has 0 bridgehead atoms. The molecule has 4 aromatic rings. The van der Waals surface area contributed by atoms with Gasteiger partial charge in [-0.2, -0.15) is 10.4 Å². The van der Waals surface area contributed by atoms with Crippen LogP contribution in [0.15, 0.2) is 47.3 Å². The zero-order valence-electron chi connectivity index (χ0n) is 21.6. The van der Waals surface area contributed by atoms with Crippen molar-refractivity contribution >= 4 is 16.7 Å². The van der Waals surface area contributed by atoms with Crippen LogP contribution in [0.25, 0.3) is 11.0 Å². The van der Waals surface area contributed by atoms with Crippen molar-refractivity contribution in [1.29, 1.82) is 5.26 Å². The minimum Gasteiger partial charge on any atom is -0.364 e. The molecule has 1 aromatic carbocycles. The number of nitriles is 1. The Hall–Kier alpha value is -4.10. The molecule has 0 spiro atoms. The summed E-state index contributed by atoms with van der Waals surface area (Å²) in [6.45, 7) is 5.54. The number of H-pyrrole nitrogens is 1. The SMILES string of the molecule is C[C@@H]1CN(c2cc(=O)n(C)c3ccc(C#N)nc23)[C@@H](C)CN1C(c1ccc(F)cc1)c1n[nH]c(C2CC2)n1.